The molecule has 0 fully saturated rings. The van der Waals surface area contributed by atoms with Crippen LogP contribution >= 0.6 is 11.6 Å². The van der Waals surface area contributed by atoms with E-state index in [1.807, 2.05) is 0 Å². The standard InChI is InChI=1S/C6H4BCl.2H2O/c7-5-1-3-6(8)4-2-5;;/h1-4H;2*1H2. The van der Waals surface area contributed by atoms with Crippen LogP contribution in [0.15, 0.2) is 24.3 Å². The minimum Gasteiger partial charge on any atom is -0.412 e. The van der Waals surface area contributed by atoms with E-state index >= 15 is 0 Å². The SMILES string of the molecule is O.O.[B]c1ccc(Cl)cc1. The number of hydrogen-bond donors (Lipinski definition) is 0. The molecule has 0 aliphatic heterocycles. The van der Waals surface area contributed by atoms with Gasteiger partial charge in [-0.2, -0.15) is 0 Å². The average molecular weight is 158 g/mol. The molecule has 10 heavy (non-hydrogen) atoms. The predicted octanol–water partition coefficient (Wildman–Crippen LogP) is -0.516. The molecule has 0 unspecified atom stereocenters. The number of rotatable bonds is 0. The fourth-order valence-corrected chi connectivity index (χ4v) is 0.589. The van der Waals surface area contributed by atoms with E-state index in [4.69, 9.17) is 19.4 Å². The van der Waals surface area contributed by atoms with E-state index in [-0.39, 0.29) is 11.0 Å². The maximum absolute atomic E-state index is 5.56. The van der Waals surface area contributed by atoms with Gasteiger partial charge in [0, 0.05) is 5.02 Å². The lowest BCUT2D eigenvalue weighted by Gasteiger charge is -1.88. The van der Waals surface area contributed by atoms with Crippen molar-refractivity contribution < 1.29 is 11.0 Å². The molecular weight excluding hydrogens is 150 g/mol. The van der Waals surface area contributed by atoms with E-state index in [9.17, 15) is 0 Å². The second kappa shape index (κ2) is 5.29. The highest BCUT2D eigenvalue weighted by molar-refractivity contribution is 6.34. The molecule has 0 spiro atoms. The van der Waals surface area contributed by atoms with Crippen molar-refractivity contribution in [1.82, 2.24) is 0 Å². The average Bonchev–Trinajstić information content (AvgIpc) is 1.77. The number of benzene rings is 1. The van der Waals surface area contributed by atoms with Gasteiger partial charge in [0.15, 0.2) is 0 Å². The van der Waals surface area contributed by atoms with Crippen LogP contribution in [-0.4, -0.2) is 18.8 Å². The van der Waals surface area contributed by atoms with Gasteiger partial charge in [-0.3, -0.25) is 0 Å². The fourth-order valence-electron chi connectivity index (χ4n) is 0.463. The van der Waals surface area contributed by atoms with Gasteiger partial charge in [0.25, 0.3) is 0 Å². The molecule has 0 saturated carbocycles. The van der Waals surface area contributed by atoms with Crippen LogP contribution in [0.2, 0.25) is 5.02 Å². The van der Waals surface area contributed by atoms with Crippen molar-refractivity contribution in [3.05, 3.63) is 29.3 Å². The van der Waals surface area contributed by atoms with Gasteiger partial charge in [-0.05, 0) is 12.1 Å². The van der Waals surface area contributed by atoms with Crippen LogP contribution in [0.5, 0.6) is 0 Å². The lowest BCUT2D eigenvalue weighted by Crippen LogP contribution is -1.97. The zero-order valence-corrected chi connectivity index (χ0v) is 6.02. The molecule has 0 amide bonds. The van der Waals surface area contributed by atoms with Crippen molar-refractivity contribution in [1.29, 1.82) is 0 Å². The third kappa shape index (κ3) is 3.51. The van der Waals surface area contributed by atoms with Gasteiger partial charge in [-0.25, -0.2) is 0 Å². The highest BCUT2D eigenvalue weighted by Crippen LogP contribution is 2.02. The summed E-state index contributed by atoms with van der Waals surface area (Å²) in [5.74, 6) is 0. The monoisotopic (exact) mass is 158 g/mol. The van der Waals surface area contributed by atoms with Crippen molar-refractivity contribution in [3.63, 3.8) is 0 Å². The molecule has 0 aromatic heterocycles. The molecule has 4 N–H and O–H groups in total. The van der Waals surface area contributed by atoms with Gasteiger partial charge in [0.1, 0.15) is 7.85 Å². The van der Waals surface area contributed by atoms with Gasteiger partial charge >= 0.3 is 0 Å². The molecule has 0 aliphatic carbocycles. The molecular formula is C6H8BClO2. The van der Waals surface area contributed by atoms with Crippen molar-refractivity contribution in [2.45, 2.75) is 0 Å². The first kappa shape index (κ1) is 12.2. The van der Waals surface area contributed by atoms with Crippen LogP contribution in [0.4, 0.5) is 0 Å². The van der Waals surface area contributed by atoms with Crippen LogP contribution in [0.3, 0.4) is 0 Å². The molecule has 0 heterocycles. The van der Waals surface area contributed by atoms with Crippen molar-refractivity contribution >= 4 is 24.9 Å². The Bertz CT molecular complexity index is 155. The Balaban J connectivity index is 0. The summed E-state index contributed by atoms with van der Waals surface area (Å²) < 4.78 is 0. The molecule has 0 atom stereocenters. The minimum absolute atomic E-state index is 0. The second-order valence-electron chi connectivity index (χ2n) is 1.55. The Morgan fingerprint density at radius 2 is 1.40 bits per heavy atom. The van der Waals surface area contributed by atoms with Gasteiger partial charge in [-0.15, -0.1) is 0 Å². The first-order valence-corrected chi connectivity index (χ1v) is 2.68. The van der Waals surface area contributed by atoms with Crippen molar-refractivity contribution in [3.8, 4) is 0 Å². The van der Waals surface area contributed by atoms with Crippen LogP contribution in [-0.2, 0) is 0 Å². The molecule has 1 rings (SSSR count). The highest BCUT2D eigenvalue weighted by atomic mass is 35.5. The Kier molecular flexibility index (Phi) is 6.46. The quantitative estimate of drug-likeness (QED) is 0.456. The predicted molar refractivity (Wildman–Crippen MR) is 44.1 cm³/mol. The van der Waals surface area contributed by atoms with E-state index < -0.39 is 0 Å². The Labute approximate surface area is 65.8 Å². The maximum Gasteiger partial charge on any atom is 0.113 e. The molecule has 54 valence electrons. The van der Waals surface area contributed by atoms with E-state index in [2.05, 4.69) is 0 Å². The zero-order chi connectivity index (χ0) is 5.98. The molecule has 0 bridgehead atoms. The van der Waals surface area contributed by atoms with Gasteiger partial charge < -0.3 is 11.0 Å². The molecule has 4 heteroatoms. The lowest BCUT2D eigenvalue weighted by molar-refractivity contribution is 0.823. The van der Waals surface area contributed by atoms with E-state index in [1.165, 1.54) is 0 Å². The Morgan fingerprint density at radius 1 is 1.00 bits per heavy atom. The molecule has 2 radical (unpaired) electrons. The summed E-state index contributed by atoms with van der Waals surface area (Å²) in [6.45, 7) is 0. The zero-order valence-electron chi connectivity index (χ0n) is 5.26. The van der Waals surface area contributed by atoms with Crippen molar-refractivity contribution in [2.75, 3.05) is 0 Å². The third-order valence-electron chi connectivity index (χ3n) is 0.870. The summed E-state index contributed by atoms with van der Waals surface area (Å²) in [5.41, 5.74) is 0.745. The summed E-state index contributed by atoms with van der Waals surface area (Å²) in [6, 6.07) is 7.05. The molecule has 1 aromatic carbocycles. The van der Waals surface area contributed by atoms with E-state index in [1.54, 1.807) is 24.3 Å². The van der Waals surface area contributed by atoms with Crippen LogP contribution < -0.4 is 5.46 Å². The number of halogens is 1. The van der Waals surface area contributed by atoms with Gasteiger partial charge in [0.05, 0.1) is 0 Å². The minimum atomic E-state index is 0. The first-order valence-electron chi connectivity index (χ1n) is 2.30. The maximum atomic E-state index is 5.56. The van der Waals surface area contributed by atoms with Gasteiger partial charge in [-0.1, -0.05) is 29.2 Å². The largest absolute Gasteiger partial charge is 0.412 e. The highest BCUT2D eigenvalue weighted by Gasteiger charge is 1.81. The fraction of sp³-hybridized carbons (Fsp3) is 0. The summed E-state index contributed by atoms with van der Waals surface area (Å²) in [5, 5.41) is 0.721. The van der Waals surface area contributed by atoms with Gasteiger partial charge in [0.2, 0.25) is 0 Å². The topological polar surface area (TPSA) is 63.0 Å². The van der Waals surface area contributed by atoms with E-state index in [0.29, 0.717) is 0 Å². The number of hydrogen-bond acceptors (Lipinski definition) is 0. The molecule has 1 aromatic rings. The van der Waals surface area contributed by atoms with Crippen LogP contribution in [0.1, 0.15) is 0 Å². The third-order valence-corrected chi connectivity index (χ3v) is 1.12. The van der Waals surface area contributed by atoms with Crippen LogP contribution in [0, 0.1) is 0 Å². The molecule has 0 aliphatic rings. The summed E-state index contributed by atoms with van der Waals surface area (Å²) in [4.78, 5) is 0. The summed E-state index contributed by atoms with van der Waals surface area (Å²) >= 11 is 5.56. The Morgan fingerprint density at radius 3 is 1.70 bits per heavy atom. The van der Waals surface area contributed by atoms with E-state index in [0.717, 1.165) is 10.5 Å². The Hall–Kier alpha value is -0.505. The summed E-state index contributed by atoms with van der Waals surface area (Å²) in [7, 11) is 5.37. The van der Waals surface area contributed by atoms with Crippen LogP contribution in [0.25, 0.3) is 0 Å². The smallest absolute Gasteiger partial charge is 0.113 e. The molecule has 0 saturated heterocycles. The molecule has 2 nitrogen and oxygen atoms in total. The summed E-state index contributed by atoms with van der Waals surface area (Å²) in [6.07, 6.45) is 0. The second-order valence-corrected chi connectivity index (χ2v) is 1.99. The first-order chi connectivity index (χ1) is 3.79. The van der Waals surface area contributed by atoms with Crippen molar-refractivity contribution in [2.24, 2.45) is 0 Å². The normalized spacial score (nSPS) is 7.30. The lowest BCUT2D eigenvalue weighted by atomic mass is 9.97.